The summed E-state index contributed by atoms with van der Waals surface area (Å²) in [5.41, 5.74) is 0. The van der Waals surface area contributed by atoms with E-state index in [9.17, 15) is 44.4 Å². The molecule has 1 aliphatic rings. The second-order valence-electron chi connectivity index (χ2n) is 3.01. The van der Waals surface area contributed by atoms with Crippen LogP contribution in [0.25, 0.3) is 0 Å². The minimum atomic E-state index is -6.73. The standard InChI is InChI=1S/C5F9NO/c6-1(7)2(8,9)4(12,13)5(14,15-16)3(1,10)11. The Labute approximate surface area is 80.4 Å². The zero-order valence-electron chi connectivity index (χ0n) is 6.76. The molecule has 0 aromatic carbocycles. The molecule has 0 spiro atoms. The van der Waals surface area contributed by atoms with Crippen molar-refractivity contribution in [3.05, 3.63) is 4.91 Å². The van der Waals surface area contributed by atoms with Gasteiger partial charge in [0.15, 0.2) is 0 Å². The molecule has 0 aliphatic heterocycles. The lowest BCUT2D eigenvalue weighted by atomic mass is 10.1. The van der Waals surface area contributed by atoms with Gasteiger partial charge in [-0.15, -0.1) is 4.91 Å². The van der Waals surface area contributed by atoms with Crippen LogP contribution in [0.1, 0.15) is 0 Å². The quantitative estimate of drug-likeness (QED) is 0.405. The van der Waals surface area contributed by atoms with Crippen molar-refractivity contribution in [2.24, 2.45) is 5.18 Å². The molecule has 1 aliphatic carbocycles. The molecule has 1 rings (SSSR count). The predicted molar refractivity (Wildman–Crippen MR) is 29.4 cm³/mol. The number of alkyl halides is 9. The van der Waals surface area contributed by atoms with Gasteiger partial charge in [-0.25, -0.2) is 0 Å². The molecule has 0 atom stereocenters. The molecule has 94 valence electrons. The first-order valence-electron chi connectivity index (χ1n) is 3.36. The Morgan fingerprint density at radius 1 is 0.562 bits per heavy atom. The van der Waals surface area contributed by atoms with Gasteiger partial charge < -0.3 is 0 Å². The Bertz CT molecular complexity index is 311. The van der Waals surface area contributed by atoms with Crippen molar-refractivity contribution in [2.45, 2.75) is 29.5 Å². The summed E-state index contributed by atoms with van der Waals surface area (Å²) in [6, 6.07) is 0. The Hall–Kier alpha value is -1.03. The van der Waals surface area contributed by atoms with Gasteiger partial charge in [0.1, 0.15) is 0 Å². The molecule has 11 heteroatoms. The monoisotopic (exact) mass is 261 g/mol. The molecule has 0 heterocycles. The van der Waals surface area contributed by atoms with Gasteiger partial charge in [-0.05, 0) is 5.18 Å². The Morgan fingerprint density at radius 3 is 0.938 bits per heavy atom. The van der Waals surface area contributed by atoms with Crippen LogP contribution in [-0.4, -0.2) is 29.5 Å². The average Bonchev–Trinajstić information content (AvgIpc) is 2.18. The summed E-state index contributed by atoms with van der Waals surface area (Å²) in [7, 11) is 0. The van der Waals surface area contributed by atoms with Gasteiger partial charge in [0, 0.05) is 0 Å². The predicted octanol–water partition coefficient (Wildman–Crippen LogP) is 2.97. The largest absolute Gasteiger partial charge is 0.384 e. The maximum atomic E-state index is 12.6. The van der Waals surface area contributed by atoms with Gasteiger partial charge >= 0.3 is 29.5 Å². The van der Waals surface area contributed by atoms with Crippen molar-refractivity contribution in [3.8, 4) is 0 Å². The second-order valence-corrected chi connectivity index (χ2v) is 3.01. The fourth-order valence-corrected chi connectivity index (χ4v) is 1.12. The third-order valence-electron chi connectivity index (χ3n) is 2.14. The third-order valence-corrected chi connectivity index (χ3v) is 2.14. The molecule has 0 aromatic rings. The smallest absolute Gasteiger partial charge is 0.200 e. The van der Waals surface area contributed by atoms with Crippen molar-refractivity contribution in [1.29, 1.82) is 0 Å². The Morgan fingerprint density at radius 2 is 0.812 bits per heavy atom. The van der Waals surface area contributed by atoms with Crippen LogP contribution in [0.3, 0.4) is 0 Å². The summed E-state index contributed by atoms with van der Waals surface area (Å²) < 4.78 is 111. The van der Waals surface area contributed by atoms with E-state index in [0.717, 1.165) is 0 Å². The van der Waals surface area contributed by atoms with Crippen molar-refractivity contribution in [1.82, 2.24) is 0 Å². The summed E-state index contributed by atoms with van der Waals surface area (Å²) in [5.74, 6) is -32.9. The molecule has 0 bridgehead atoms. The van der Waals surface area contributed by atoms with Crippen LogP contribution in [-0.2, 0) is 0 Å². The summed E-state index contributed by atoms with van der Waals surface area (Å²) in [6.45, 7) is 0. The SMILES string of the molecule is O=NC1(F)C(F)(F)C(F)(F)C(F)(F)C1(F)F. The molecular formula is C5F9NO. The van der Waals surface area contributed by atoms with Crippen LogP contribution in [0, 0.1) is 4.91 Å². The van der Waals surface area contributed by atoms with E-state index in [1.54, 1.807) is 0 Å². The maximum Gasteiger partial charge on any atom is 0.384 e. The highest BCUT2D eigenvalue weighted by Gasteiger charge is 3.02. The lowest BCUT2D eigenvalue weighted by molar-refractivity contribution is -0.303. The molecule has 0 amide bonds. The molecule has 0 radical (unpaired) electrons. The number of hydrogen-bond donors (Lipinski definition) is 0. The topological polar surface area (TPSA) is 29.4 Å². The van der Waals surface area contributed by atoms with Gasteiger partial charge in [-0.2, -0.15) is 39.5 Å². The van der Waals surface area contributed by atoms with E-state index in [2.05, 4.69) is 0 Å². The van der Waals surface area contributed by atoms with Crippen molar-refractivity contribution >= 4 is 0 Å². The van der Waals surface area contributed by atoms with E-state index < -0.39 is 29.5 Å². The average molecular weight is 261 g/mol. The van der Waals surface area contributed by atoms with E-state index in [0.29, 0.717) is 5.18 Å². The number of nitrogens with zero attached hydrogens (tertiary/aromatic N) is 1. The fourth-order valence-electron chi connectivity index (χ4n) is 1.12. The fraction of sp³-hybridized carbons (Fsp3) is 1.00. The second kappa shape index (κ2) is 2.62. The van der Waals surface area contributed by atoms with Gasteiger partial charge in [-0.1, -0.05) is 0 Å². The van der Waals surface area contributed by atoms with Crippen molar-refractivity contribution in [2.75, 3.05) is 0 Å². The van der Waals surface area contributed by atoms with Crippen LogP contribution < -0.4 is 0 Å². The highest BCUT2D eigenvalue weighted by molar-refractivity contribution is 5.25. The first kappa shape index (κ1) is 13.0. The summed E-state index contributed by atoms with van der Waals surface area (Å²) >= 11 is 0. The van der Waals surface area contributed by atoms with Crippen LogP contribution in [0.5, 0.6) is 0 Å². The van der Waals surface area contributed by atoms with E-state index in [1.165, 1.54) is 0 Å². The zero-order valence-corrected chi connectivity index (χ0v) is 6.76. The van der Waals surface area contributed by atoms with Crippen molar-refractivity contribution < 1.29 is 39.5 Å². The Balaban J connectivity index is 3.65. The number of nitroso groups, excluding NO2 is 1. The number of halogens is 9. The zero-order chi connectivity index (χ0) is 13.2. The van der Waals surface area contributed by atoms with Crippen LogP contribution in [0.2, 0.25) is 0 Å². The van der Waals surface area contributed by atoms with E-state index in [4.69, 9.17) is 0 Å². The highest BCUT2D eigenvalue weighted by atomic mass is 19.4. The minimum absolute atomic E-state index is 0.440. The highest BCUT2D eigenvalue weighted by Crippen LogP contribution is 2.69. The van der Waals surface area contributed by atoms with Gasteiger partial charge in [-0.3, -0.25) is 0 Å². The maximum absolute atomic E-state index is 12.6. The van der Waals surface area contributed by atoms with Crippen LogP contribution in [0.15, 0.2) is 5.18 Å². The molecule has 0 unspecified atom stereocenters. The Kier molecular flexibility index (Phi) is 2.13. The molecular weight excluding hydrogens is 261 g/mol. The lowest BCUT2D eigenvalue weighted by Crippen LogP contribution is -2.52. The first-order chi connectivity index (χ1) is 6.81. The van der Waals surface area contributed by atoms with Gasteiger partial charge in [0.2, 0.25) is 0 Å². The van der Waals surface area contributed by atoms with E-state index >= 15 is 0 Å². The molecule has 1 fully saturated rings. The summed E-state index contributed by atoms with van der Waals surface area (Å²) in [4.78, 5) is 9.48. The first-order valence-corrected chi connectivity index (χ1v) is 3.36. The normalized spacial score (nSPS) is 32.3. The van der Waals surface area contributed by atoms with Gasteiger partial charge in [0.25, 0.3) is 0 Å². The van der Waals surface area contributed by atoms with Gasteiger partial charge in [0.05, 0.1) is 0 Å². The minimum Gasteiger partial charge on any atom is -0.200 e. The van der Waals surface area contributed by atoms with E-state index in [-0.39, 0.29) is 0 Å². The molecule has 2 nitrogen and oxygen atoms in total. The summed E-state index contributed by atoms with van der Waals surface area (Å²) in [5, 5.41) is 0.440. The number of hydrogen-bond acceptors (Lipinski definition) is 2. The number of rotatable bonds is 1. The summed E-state index contributed by atoms with van der Waals surface area (Å²) in [6.07, 6.45) is 0. The van der Waals surface area contributed by atoms with Crippen LogP contribution >= 0.6 is 0 Å². The molecule has 1 saturated carbocycles. The van der Waals surface area contributed by atoms with Crippen LogP contribution in [0.4, 0.5) is 39.5 Å². The van der Waals surface area contributed by atoms with E-state index in [1.807, 2.05) is 0 Å². The van der Waals surface area contributed by atoms with Crippen molar-refractivity contribution in [3.63, 3.8) is 0 Å². The third kappa shape index (κ3) is 0.842. The lowest BCUT2D eigenvalue weighted by Gasteiger charge is -2.23. The molecule has 0 aromatic heterocycles. The molecule has 0 N–H and O–H groups in total. The molecule has 16 heavy (non-hydrogen) atoms. The molecule has 0 saturated heterocycles.